The van der Waals surface area contributed by atoms with Crippen LogP contribution in [0.3, 0.4) is 0 Å². The fraction of sp³-hybridized carbons (Fsp3) is 0.0909. The summed E-state index contributed by atoms with van der Waals surface area (Å²) in [5, 5.41) is 0. The fourth-order valence-corrected chi connectivity index (χ4v) is 2.59. The second-order valence-electron chi connectivity index (χ2n) is 5.79. The lowest BCUT2D eigenvalue weighted by Crippen LogP contribution is -1.92. The zero-order chi connectivity index (χ0) is 16.2. The first-order chi connectivity index (χ1) is 11.1. The molecule has 0 amide bonds. The van der Waals surface area contributed by atoms with E-state index in [2.05, 4.69) is 0 Å². The van der Waals surface area contributed by atoms with E-state index in [0.717, 1.165) is 22.3 Å². The van der Waals surface area contributed by atoms with Gasteiger partial charge in [-0.1, -0.05) is 90.0 Å². The number of hydrogen-bond donors (Lipinski definition) is 0. The monoisotopic (exact) mass is 302 g/mol. The number of rotatable bonds is 3. The molecule has 0 aliphatic carbocycles. The van der Waals surface area contributed by atoms with Crippen molar-refractivity contribution >= 4 is 11.4 Å². The predicted octanol–water partition coefficient (Wildman–Crippen LogP) is 6.19. The van der Waals surface area contributed by atoms with Crippen LogP contribution in [0.15, 0.2) is 78.9 Å². The van der Waals surface area contributed by atoms with Crippen LogP contribution in [0, 0.1) is 13.8 Å². The van der Waals surface area contributed by atoms with Crippen molar-refractivity contribution in [2.24, 2.45) is 0 Å². The Balaban J connectivity index is 2.21. The molecule has 3 rings (SSSR count). The average molecular weight is 302 g/mol. The van der Waals surface area contributed by atoms with E-state index in [1.807, 2.05) is 80.6 Å². The Labute approximate surface area is 136 Å². The first kappa shape index (κ1) is 15.2. The highest BCUT2D eigenvalue weighted by molar-refractivity contribution is 5.95. The van der Waals surface area contributed by atoms with Gasteiger partial charge < -0.3 is 0 Å². The number of halogens is 1. The molecule has 1 heteroatoms. The molecule has 3 aromatic rings. The van der Waals surface area contributed by atoms with Gasteiger partial charge in [0, 0.05) is 11.1 Å². The Kier molecular flexibility index (Phi) is 4.38. The van der Waals surface area contributed by atoms with Gasteiger partial charge in [-0.25, -0.2) is 4.39 Å². The van der Waals surface area contributed by atoms with Crippen molar-refractivity contribution in [1.82, 2.24) is 0 Å². The van der Waals surface area contributed by atoms with Crippen LogP contribution in [0.5, 0.6) is 0 Å². The Hall–Kier alpha value is -2.67. The molecule has 0 radical (unpaired) electrons. The van der Waals surface area contributed by atoms with Crippen LogP contribution in [0.2, 0.25) is 0 Å². The lowest BCUT2D eigenvalue weighted by molar-refractivity contribution is 0.762. The quantitative estimate of drug-likeness (QED) is 0.506. The molecule has 0 unspecified atom stereocenters. The largest absolute Gasteiger partial charge is 0.206 e. The lowest BCUT2D eigenvalue weighted by atomic mass is 9.93. The Morgan fingerprint density at radius 1 is 0.565 bits per heavy atom. The smallest absolute Gasteiger partial charge is 0.138 e. The van der Waals surface area contributed by atoms with E-state index < -0.39 is 0 Å². The minimum absolute atomic E-state index is 0.196. The van der Waals surface area contributed by atoms with Crippen LogP contribution in [0.4, 0.5) is 4.39 Å². The van der Waals surface area contributed by atoms with Gasteiger partial charge in [-0.2, -0.15) is 0 Å². The summed E-state index contributed by atoms with van der Waals surface area (Å²) >= 11 is 0. The summed E-state index contributed by atoms with van der Waals surface area (Å²) in [5.74, 6) is -0.196. The van der Waals surface area contributed by atoms with Crippen LogP contribution < -0.4 is 0 Å². The minimum atomic E-state index is -0.196. The van der Waals surface area contributed by atoms with Gasteiger partial charge in [0.05, 0.1) is 0 Å². The van der Waals surface area contributed by atoms with Crippen LogP contribution in [0.25, 0.3) is 11.4 Å². The van der Waals surface area contributed by atoms with Gasteiger partial charge in [0.25, 0.3) is 0 Å². The van der Waals surface area contributed by atoms with E-state index in [1.54, 1.807) is 12.1 Å². The Morgan fingerprint density at radius 2 is 1.00 bits per heavy atom. The van der Waals surface area contributed by atoms with E-state index in [-0.39, 0.29) is 5.83 Å². The van der Waals surface area contributed by atoms with Gasteiger partial charge in [0.2, 0.25) is 0 Å². The third-order valence-electron chi connectivity index (χ3n) is 3.93. The zero-order valence-corrected chi connectivity index (χ0v) is 13.4. The van der Waals surface area contributed by atoms with Crippen LogP contribution in [-0.4, -0.2) is 0 Å². The second-order valence-corrected chi connectivity index (χ2v) is 5.79. The molecule has 0 N–H and O–H groups in total. The number of benzene rings is 3. The fourth-order valence-electron chi connectivity index (χ4n) is 2.59. The van der Waals surface area contributed by atoms with Crippen molar-refractivity contribution in [3.05, 3.63) is 107 Å². The highest BCUT2D eigenvalue weighted by Gasteiger charge is 2.13. The summed E-state index contributed by atoms with van der Waals surface area (Å²) in [6.07, 6.45) is 0. The molecule has 0 bridgehead atoms. The lowest BCUT2D eigenvalue weighted by Gasteiger charge is -2.12. The van der Waals surface area contributed by atoms with Crippen molar-refractivity contribution in [2.45, 2.75) is 13.8 Å². The summed E-state index contributed by atoms with van der Waals surface area (Å²) < 4.78 is 15.3. The van der Waals surface area contributed by atoms with Gasteiger partial charge in [0.1, 0.15) is 5.83 Å². The third-order valence-corrected chi connectivity index (χ3v) is 3.93. The second kappa shape index (κ2) is 6.62. The first-order valence-electron chi connectivity index (χ1n) is 7.74. The topological polar surface area (TPSA) is 0 Å². The minimum Gasteiger partial charge on any atom is -0.206 e. The predicted molar refractivity (Wildman–Crippen MR) is 95.8 cm³/mol. The van der Waals surface area contributed by atoms with E-state index in [1.165, 1.54) is 0 Å². The van der Waals surface area contributed by atoms with Crippen molar-refractivity contribution in [3.63, 3.8) is 0 Å². The molecule has 0 nitrogen and oxygen atoms in total. The van der Waals surface area contributed by atoms with Gasteiger partial charge in [0.15, 0.2) is 0 Å². The van der Waals surface area contributed by atoms with Gasteiger partial charge in [-0.3, -0.25) is 0 Å². The van der Waals surface area contributed by atoms with Crippen molar-refractivity contribution in [1.29, 1.82) is 0 Å². The maximum atomic E-state index is 15.3. The molecular weight excluding hydrogens is 283 g/mol. The highest BCUT2D eigenvalue weighted by Crippen LogP contribution is 2.33. The molecule has 114 valence electrons. The first-order valence-corrected chi connectivity index (χ1v) is 7.74. The Morgan fingerprint density at radius 3 is 1.43 bits per heavy atom. The van der Waals surface area contributed by atoms with Gasteiger partial charge >= 0.3 is 0 Å². The molecule has 0 spiro atoms. The molecule has 0 atom stereocenters. The van der Waals surface area contributed by atoms with E-state index >= 15 is 4.39 Å². The van der Waals surface area contributed by atoms with Crippen molar-refractivity contribution in [3.8, 4) is 0 Å². The molecule has 0 heterocycles. The molecule has 0 aliphatic rings. The summed E-state index contributed by atoms with van der Waals surface area (Å²) in [6.45, 7) is 4.07. The molecule has 0 saturated heterocycles. The number of aryl methyl sites for hydroxylation is 2. The van der Waals surface area contributed by atoms with Crippen molar-refractivity contribution < 1.29 is 4.39 Å². The SMILES string of the molecule is Cc1ccc(C(=C(F)c2ccccc2)c2ccc(C)cc2)cc1. The maximum absolute atomic E-state index is 15.3. The van der Waals surface area contributed by atoms with Crippen LogP contribution >= 0.6 is 0 Å². The van der Waals surface area contributed by atoms with Crippen LogP contribution in [0.1, 0.15) is 27.8 Å². The van der Waals surface area contributed by atoms with Crippen molar-refractivity contribution in [2.75, 3.05) is 0 Å². The molecule has 3 aromatic carbocycles. The third kappa shape index (κ3) is 3.40. The van der Waals surface area contributed by atoms with E-state index in [4.69, 9.17) is 0 Å². The number of hydrogen-bond acceptors (Lipinski definition) is 0. The zero-order valence-electron chi connectivity index (χ0n) is 13.4. The summed E-state index contributed by atoms with van der Waals surface area (Å²) in [6, 6.07) is 25.2. The standard InChI is InChI=1S/C22H19F/c1-16-8-12-18(13-9-16)21(19-14-10-17(2)11-15-19)22(23)20-6-4-3-5-7-20/h3-15H,1-2H3. The molecule has 0 saturated carbocycles. The van der Waals surface area contributed by atoms with E-state index in [9.17, 15) is 0 Å². The summed E-state index contributed by atoms with van der Waals surface area (Å²) in [7, 11) is 0. The highest BCUT2D eigenvalue weighted by atomic mass is 19.1. The van der Waals surface area contributed by atoms with E-state index in [0.29, 0.717) is 11.1 Å². The average Bonchev–Trinajstić information content (AvgIpc) is 2.59. The molecule has 0 fully saturated rings. The van der Waals surface area contributed by atoms with Crippen LogP contribution in [-0.2, 0) is 0 Å². The maximum Gasteiger partial charge on any atom is 0.138 e. The summed E-state index contributed by atoms with van der Waals surface area (Å²) in [4.78, 5) is 0. The van der Waals surface area contributed by atoms with Gasteiger partial charge in [-0.05, 0) is 25.0 Å². The molecule has 23 heavy (non-hydrogen) atoms. The summed E-state index contributed by atoms with van der Waals surface area (Å²) in [5.41, 5.74) is 5.34. The van der Waals surface area contributed by atoms with Gasteiger partial charge in [-0.15, -0.1) is 0 Å². The normalized spacial score (nSPS) is 10.4. The molecular formula is C22H19F. The molecule has 0 aliphatic heterocycles. The molecule has 0 aromatic heterocycles. The Bertz CT molecular complexity index is 763.